The van der Waals surface area contributed by atoms with Gasteiger partial charge >= 0.3 is 0 Å². The molecule has 0 aromatic carbocycles. The van der Waals surface area contributed by atoms with Gasteiger partial charge in [-0.2, -0.15) is 9.97 Å². The lowest BCUT2D eigenvalue weighted by molar-refractivity contribution is 0.142. The van der Waals surface area contributed by atoms with Crippen LogP contribution >= 0.6 is 0 Å². The van der Waals surface area contributed by atoms with Crippen molar-refractivity contribution in [2.45, 2.75) is 25.7 Å². The number of nitrogens with one attached hydrogen (secondary N) is 2. The van der Waals surface area contributed by atoms with Gasteiger partial charge in [0.2, 0.25) is 5.95 Å². The number of rotatable bonds is 4. The fraction of sp³-hybridized carbons (Fsp3) is 0.583. The van der Waals surface area contributed by atoms with E-state index < -0.39 is 0 Å². The van der Waals surface area contributed by atoms with Crippen molar-refractivity contribution in [1.29, 1.82) is 0 Å². The number of nitrogens with two attached hydrogens (primary N) is 1. The Bertz CT molecular complexity index is 575. The fourth-order valence-corrected chi connectivity index (χ4v) is 2.76. The number of aromatic nitrogens is 4. The van der Waals surface area contributed by atoms with Crippen LogP contribution in [-0.4, -0.2) is 38.2 Å². The molecule has 0 bridgehead atoms. The average molecular weight is 262 g/mol. The minimum atomic E-state index is -0.0357. The van der Waals surface area contributed by atoms with Crippen molar-refractivity contribution in [2.24, 2.45) is 5.41 Å². The van der Waals surface area contributed by atoms with E-state index in [-0.39, 0.29) is 18.0 Å². The first kappa shape index (κ1) is 12.2. The van der Waals surface area contributed by atoms with E-state index in [4.69, 9.17) is 5.73 Å². The maximum absolute atomic E-state index is 9.60. The topological polar surface area (TPSA) is 113 Å². The van der Waals surface area contributed by atoms with Gasteiger partial charge in [0.05, 0.1) is 12.9 Å². The maximum atomic E-state index is 9.60. The fourth-order valence-electron chi connectivity index (χ4n) is 2.76. The molecular formula is C12H18N6O. The van der Waals surface area contributed by atoms with Crippen LogP contribution in [0.1, 0.15) is 25.7 Å². The Balaban J connectivity index is 1.83. The van der Waals surface area contributed by atoms with Crippen molar-refractivity contribution in [1.82, 2.24) is 19.9 Å². The van der Waals surface area contributed by atoms with Crippen LogP contribution in [-0.2, 0) is 0 Å². The second-order valence-corrected chi connectivity index (χ2v) is 5.25. The van der Waals surface area contributed by atoms with E-state index in [1.807, 2.05) is 0 Å². The second kappa shape index (κ2) is 4.65. The highest BCUT2D eigenvalue weighted by molar-refractivity contribution is 5.83. The summed E-state index contributed by atoms with van der Waals surface area (Å²) >= 11 is 0. The highest BCUT2D eigenvalue weighted by atomic mass is 16.3. The van der Waals surface area contributed by atoms with Crippen molar-refractivity contribution >= 4 is 22.9 Å². The maximum Gasteiger partial charge on any atom is 0.224 e. The zero-order valence-corrected chi connectivity index (χ0v) is 10.7. The van der Waals surface area contributed by atoms with Crippen molar-refractivity contribution in [3.05, 3.63) is 6.33 Å². The molecule has 0 spiro atoms. The Morgan fingerprint density at radius 3 is 2.89 bits per heavy atom. The standard InChI is InChI=1S/C12H18N6O/c13-11-17-9(8-10(18-11)16-7-15-8)14-5-12(6-19)3-1-2-4-12/h7,19H,1-6H2,(H4,13,14,15,16,17,18). The zero-order chi connectivity index (χ0) is 13.3. The molecule has 0 amide bonds. The minimum absolute atomic E-state index is 0.0357. The molecule has 5 N–H and O–H groups in total. The van der Waals surface area contributed by atoms with Gasteiger partial charge in [0.15, 0.2) is 11.5 Å². The summed E-state index contributed by atoms with van der Waals surface area (Å²) in [6.07, 6.45) is 6.01. The summed E-state index contributed by atoms with van der Waals surface area (Å²) in [6, 6.07) is 0. The monoisotopic (exact) mass is 262 g/mol. The number of imidazole rings is 1. The smallest absolute Gasteiger partial charge is 0.224 e. The van der Waals surface area contributed by atoms with E-state index in [9.17, 15) is 5.11 Å². The van der Waals surface area contributed by atoms with Gasteiger partial charge in [-0.1, -0.05) is 12.8 Å². The third-order valence-corrected chi connectivity index (χ3v) is 3.93. The number of aliphatic hydroxyl groups is 1. The molecule has 0 saturated heterocycles. The van der Waals surface area contributed by atoms with E-state index in [1.165, 1.54) is 12.8 Å². The molecule has 3 rings (SSSR count). The predicted molar refractivity (Wildman–Crippen MR) is 72.6 cm³/mol. The second-order valence-electron chi connectivity index (χ2n) is 5.25. The quantitative estimate of drug-likeness (QED) is 0.651. The molecule has 2 aromatic heterocycles. The van der Waals surface area contributed by atoms with Crippen LogP contribution in [0.3, 0.4) is 0 Å². The number of hydrogen-bond donors (Lipinski definition) is 4. The van der Waals surface area contributed by atoms with Crippen molar-refractivity contribution in [3.8, 4) is 0 Å². The number of aliphatic hydroxyl groups excluding tert-OH is 1. The number of nitrogens with zero attached hydrogens (tertiary/aromatic N) is 3. The number of aromatic amines is 1. The minimum Gasteiger partial charge on any atom is -0.396 e. The normalized spacial score (nSPS) is 17.9. The molecule has 1 aliphatic carbocycles. The van der Waals surface area contributed by atoms with Crippen LogP contribution in [0.4, 0.5) is 11.8 Å². The zero-order valence-electron chi connectivity index (χ0n) is 10.7. The van der Waals surface area contributed by atoms with Gasteiger partial charge < -0.3 is 21.1 Å². The first-order valence-electron chi connectivity index (χ1n) is 6.54. The van der Waals surface area contributed by atoms with Gasteiger partial charge in [-0.05, 0) is 12.8 Å². The SMILES string of the molecule is Nc1nc(NCC2(CO)CCCC2)c2[nH]cnc2n1. The number of nitrogen functional groups attached to an aromatic ring is 1. The van der Waals surface area contributed by atoms with E-state index >= 15 is 0 Å². The molecule has 0 radical (unpaired) electrons. The molecule has 1 fully saturated rings. The molecule has 2 heterocycles. The van der Waals surface area contributed by atoms with Crippen molar-refractivity contribution < 1.29 is 5.11 Å². The molecule has 102 valence electrons. The first-order chi connectivity index (χ1) is 9.22. The van der Waals surface area contributed by atoms with E-state index in [2.05, 4.69) is 25.3 Å². The summed E-state index contributed by atoms with van der Waals surface area (Å²) in [6.45, 7) is 0.890. The van der Waals surface area contributed by atoms with E-state index in [1.54, 1.807) is 6.33 Å². The average Bonchev–Trinajstić information content (AvgIpc) is 3.05. The van der Waals surface area contributed by atoms with Crippen LogP contribution < -0.4 is 11.1 Å². The predicted octanol–water partition coefficient (Wildman–Crippen LogP) is 0.900. The Morgan fingerprint density at radius 1 is 1.37 bits per heavy atom. The van der Waals surface area contributed by atoms with Crippen LogP contribution in [0.5, 0.6) is 0 Å². The Morgan fingerprint density at radius 2 is 2.16 bits per heavy atom. The van der Waals surface area contributed by atoms with Crippen molar-refractivity contribution in [2.75, 3.05) is 24.2 Å². The van der Waals surface area contributed by atoms with Gasteiger partial charge in [0, 0.05) is 12.0 Å². The Labute approximate surface area is 110 Å². The number of fused-ring (bicyclic) bond motifs is 1. The molecule has 1 saturated carbocycles. The number of anilines is 2. The molecular weight excluding hydrogens is 244 g/mol. The number of hydrogen-bond acceptors (Lipinski definition) is 6. The molecule has 7 heteroatoms. The summed E-state index contributed by atoms with van der Waals surface area (Å²) in [5.41, 5.74) is 6.94. The Kier molecular flexibility index (Phi) is 2.98. The van der Waals surface area contributed by atoms with Crippen LogP contribution in [0.15, 0.2) is 6.33 Å². The summed E-state index contributed by atoms with van der Waals surface area (Å²) in [5.74, 6) is 0.853. The largest absolute Gasteiger partial charge is 0.396 e. The van der Waals surface area contributed by atoms with Crippen LogP contribution in [0, 0.1) is 5.41 Å². The molecule has 19 heavy (non-hydrogen) atoms. The molecule has 0 unspecified atom stereocenters. The Hall–Kier alpha value is -1.89. The van der Waals surface area contributed by atoms with Gasteiger partial charge in [-0.15, -0.1) is 0 Å². The highest BCUT2D eigenvalue weighted by Gasteiger charge is 2.33. The summed E-state index contributed by atoms with van der Waals surface area (Å²) in [5, 5.41) is 12.9. The lowest BCUT2D eigenvalue weighted by Gasteiger charge is -2.26. The van der Waals surface area contributed by atoms with Crippen LogP contribution in [0.25, 0.3) is 11.2 Å². The van der Waals surface area contributed by atoms with Gasteiger partial charge in [0.25, 0.3) is 0 Å². The third kappa shape index (κ3) is 2.21. The number of H-pyrrole nitrogens is 1. The third-order valence-electron chi connectivity index (χ3n) is 3.93. The first-order valence-corrected chi connectivity index (χ1v) is 6.54. The van der Waals surface area contributed by atoms with E-state index in [0.717, 1.165) is 18.4 Å². The molecule has 2 aromatic rings. The van der Waals surface area contributed by atoms with Gasteiger partial charge in [0.1, 0.15) is 5.52 Å². The van der Waals surface area contributed by atoms with Crippen molar-refractivity contribution in [3.63, 3.8) is 0 Å². The molecule has 7 nitrogen and oxygen atoms in total. The van der Waals surface area contributed by atoms with E-state index in [0.29, 0.717) is 18.0 Å². The summed E-state index contributed by atoms with van der Waals surface area (Å²) in [4.78, 5) is 15.3. The molecule has 0 aliphatic heterocycles. The molecule has 0 atom stereocenters. The summed E-state index contributed by atoms with van der Waals surface area (Å²) < 4.78 is 0. The lowest BCUT2D eigenvalue weighted by atomic mass is 9.87. The summed E-state index contributed by atoms with van der Waals surface area (Å²) in [7, 11) is 0. The van der Waals surface area contributed by atoms with Gasteiger partial charge in [-0.25, -0.2) is 4.98 Å². The van der Waals surface area contributed by atoms with Gasteiger partial charge in [-0.3, -0.25) is 0 Å². The molecule has 1 aliphatic rings. The van der Waals surface area contributed by atoms with Crippen LogP contribution in [0.2, 0.25) is 0 Å². The lowest BCUT2D eigenvalue weighted by Crippen LogP contribution is -2.30. The highest BCUT2D eigenvalue weighted by Crippen LogP contribution is 2.37.